The first-order valence-electron chi connectivity index (χ1n) is 8.47. The summed E-state index contributed by atoms with van der Waals surface area (Å²) in [6, 6.07) is 3.29. The van der Waals surface area contributed by atoms with Gasteiger partial charge in [-0.3, -0.25) is 9.59 Å². The molecule has 1 aromatic heterocycles. The van der Waals surface area contributed by atoms with Crippen molar-refractivity contribution in [1.29, 1.82) is 0 Å². The van der Waals surface area contributed by atoms with E-state index in [-0.39, 0.29) is 10.6 Å². The number of nitrogen functional groups attached to an aromatic ring is 1. The highest BCUT2D eigenvalue weighted by molar-refractivity contribution is 7.22. The number of hydrogen-bond donors (Lipinski definition) is 3. The number of carbonyl (C=O) groups excluding carboxylic acids is 2. The molecule has 0 saturated carbocycles. The van der Waals surface area contributed by atoms with Crippen LogP contribution in [0.3, 0.4) is 0 Å². The van der Waals surface area contributed by atoms with Crippen molar-refractivity contribution < 1.29 is 14.3 Å². The van der Waals surface area contributed by atoms with E-state index < -0.39 is 11.8 Å². The summed E-state index contributed by atoms with van der Waals surface area (Å²) in [7, 11) is 0. The van der Waals surface area contributed by atoms with Crippen molar-refractivity contribution in [3.05, 3.63) is 22.6 Å². The van der Waals surface area contributed by atoms with Crippen molar-refractivity contribution in [3.8, 4) is 5.75 Å². The van der Waals surface area contributed by atoms with Crippen LogP contribution in [0.2, 0.25) is 0 Å². The third kappa shape index (κ3) is 4.04. The summed E-state index contributed by atoms with van der Waals surface area (Å²) in [5, 5.41) is 0.542. The molecule has 0 radical (unpaired) electrons. The number of unbranched alkanes of at least 4 members (excludes halogenated alkanes) is 1. The summed E-state index contributed by atoms with van der Waals surface area (Å²) in [6.07, 6.45) is 4.42. The van der Waals surface area contributed by atoms with Gasteiger partial charge in [0.15, 0.2) is 0 Å². The van der Waals surface area contributed by atoms with E-state index >= 15 is 0 Å². The number of nitrogens with two attached hydrogens (primary N) is 3. The van der Waals surface area contributed by atoms with Crippen LogP contribution < -0.4 is 21.9 Å². The van der Waals surface area contributed by atoms with Crippen molar-refractivity contribution >= 4 is 38.9 Å². The number of thiophene rings is 1. The summed E-state index contributed by atoms with van der Waals surface area (Å²) in [6.45, 7) is 4.86. The van der Waals surface area contributed by atoms with Crippen LogP contribution in [0.25, 0.3) is 10.1 Å². The normalized spacial score (nSPS) is 12.2. The first kappa shape index (κ1) is 19.1. The number of carbonyl (C=O) groups is 2. The SMILES string of the molecule is CCCCC(CC)COc1ccc(C(N)=O)c2sc(C(N)=O)c(N)c12. The van der Waals surface area contributed by atoms with Crippen molar-refractivity contribution in [2.24, 2.45) is 17.4 Å². The fourth-order valence-corrected chi connectivity index (χ4v) is 3.91. The molecule has 0 aliphatic rings. The maximum atomic E-state index is 11.7. The fraction of sp³-hybridized carbons (Fsp3) is 0.444. The van der Waals surface area contributed by atoms with Crippen molar-refractivity contribution in [1.82, 2.24) is 0 Å². The number of benzene rings is 1. The molecule has 0 bridgehead atoms. The molecule has 1 unspecified atom stereocenters. The van der Waals surface area contributed by atoms with Crippen molar-refractivity contribution in [2.75, 3.05) is 12.3 Å². The third-order valence-electron chi connectivity index (χ3n) is 4.34. The van der Waals surface area contributed by atoms with Crippen LogP contribution in [0.1, 0.15) is 59.6 Å². The molecule has 6 nitrogen and oxygen atoms in total. The average Bonchev–Trinajstić information content (AvgIpc) is 2.93. The Morgan fingerprint density at radius 3 is 2.48 bits per heavy atom. The minimum absolute atomic E-state index is 0.214. The number of fused-ring (bicyclic) bond motifs is 1. The van der Waals surface area contributed by atoms with Gasteiger partial charge in [-0.05, 0) is 24.5 Å². The molecule has 2 rings (SSSR count). The van der Waals surface area contributed by atoms with Crippen LogP contribution in [0.5, 0.6) is 5.75 Å². The van der Waals surface area contributed by atoms with Crippen molar-refractivity contribution in [2.45, 2.75) is 39.5 Å². The Hall–Kier alpha value is -2.28. The van der Waals surface area contributed by atoms with E-state index in [0.717, 1.165) is 37.0 Å². The minimum atomic E-state index is -0.630. The van der Waals surface area contributed by atoms with Crippen LogP contribution >= 0.6 is 11.3 Å². The monoisotopic (exact) mass is 363 g/mol. The van der Waals surface area contributed by atoms with E-state index in [1.165, 1.54) is 0 Å². The lowest BCUT2D eigenvalue weighted by Crippen LogP contribution is -2.13. The topological polar surface area (TPSA) is 121 Å². The lowest BCUT2D eigenvalue weighted by Gasteiger charge is -2.16. The molecule has 0 aliphatic heterocycles. The molecule has 2 amide bonds. The van der Waals surface area contributed by atoms with E-state index in [1.807, 2.05) is 0 Å². The second-order valence-corrected chi connectivity index (χ2v) is 7.14. The van der Waals surface area contributed by atoms with Crippen LogP contribution in [-0.2, 0) is 0 Å². The van der Waals surface area contributed by atoms with E-state index in [9.17, 15) is 9.59 Å². The van der Waals surface area contributed by atoms with Gasteiger partial charge >= 0.3 is 0 Å². The molecule has 1 heterocycles. The van der Waals surface area contributed by atoms with Gasteiger partial charge in [0.05, 0.1) is 27.9 Å². The standard InChI is InChI=1S/C18H25N3O3S/c1-3-5-6-10(4-2)9-24-12-8-7-11(17(20)22)15-13(12)14(19)16(25-15)18(21)23/h7-8,10H,3-6,9,19H2,1-2H3,(H2,20,22)(H2,21,23). The number of ether oxygens (including phenoxy) is 1. The summed E-state index contributed by atoms with van der Waals surface area (Å²) in [5.74, 6) is -0.213. The Balaban J connectivity index is 2.41. The minimum Gasteiger partial charge on any atom is -0.493 e. The van der Waals surface area contributed by atoms with E-state index in [4.69, 9.17) is 21.9 Å². The van der Waals surface area contributed by atoms with E-state index in [2.05, 4.69) is 13.8 Å². The Bertz CT molecular complexity index is 785. The van der Waals surface area contributed by atoms with Gasteiger partial charge in [-0.1, -0.05) is 33.1 Å². The number of rotatable bonds is 9. The van der Waals surface area contributed by atoms with Gasteiger partial charge in [0.1, 0.15) is 10.6 Å². The molecule has 1 atom stereocenters. The van der Waals surface area contributed by atoms with E-state index in [1.54, 1.807) is 12.1 Å². The van der Waals surface area contributed by atoms with Gasteiger partial charge in [-0.15, -0.1) is 11.3 Å². The summed E-state index contributed by atoms with van der Waals surface area (Å²) >= 11 is 1.07. The predicted molar refractivity (Wildman–Crippen MR) is 102 cm³/mol. The van der Waals surface area contributed by atoms with Crippen molar-refractivity contribution in [3.63, 3.8) is 0 Å². The van der Waals surface area contributed by atoms with Crippen LogP contribution in [-0.4, -0.2) is 18.4 Å². The molecule has 0 fully saturated rings. The molecule has 0 aliphatic carbocycles. The molecule has 6 N–H and O–H groups in total. The molecule has 0 saturated heterocycles. The smallest absolute Gasteiger partial charge is 0.260 e. The Morgan fingerprint density at radius 2 is 1.92 bits per heavy atom. The molecule has 25 heavy (non-hydrogen) atoms. The predicted octanol–water partition coefficient (Wildman–Crippen LogP) is 3.28. The zero-order valence-electron chi connectivity index (χ0n) is 14.6. The highest BCUT2D eigenvalue weighted by Crippen LogP contribution is 2.41. The zero-order chi connectivity index (χ0) is 18.6. The molecule has 0 spiro atoms. The first-order chi connectivity index (χ1) is 11.9. The Kier molecular flexibility index (Phi) is 6.25. The quantitative estimate of drug-likeness (QED) is 0.633. The second-order valence-electron chi connectivity index (χ2n) is 6.12. The zero-order valence-corrected chi connectivity index (χ0v) is 15.4. The second kappa shape index (κ2) is 8.20. The third-order valence-corrected chi connectivity index (χ3v) is 5.60. The summed E-state index contributed by atoms with van der Waals surface area (Å²) < 4.78 is 6.54. The lowest BCUT2D eigenvalue weighted by atomic mass is 10.0. The van der Waals surface area contributed by atoms with Gasteiger partial charge in [-0.2, -0.15) is 0 Å². The molecular weight excluding hydrogens is 338 g/mol. The number of hydrogen-bond acceptors (Lipinski definition) is 5. The molecule has 1 aromatic carbocycles. The van der Waals surface area contributed by atoms with Gasteiger partial charge in [-0.25, -0.2) is 0 Å². The van der Waals surface area contributed by atoms with Crippen LogP contribution in [0.15, 0.2) is 12.1 Å². The summed E-state index contributed by atoms with van der Waals surface area (Å²) in [4.78, 5) is 23.5. The maximum Gasteiger partial charge on any atom is 0.260 e. The first-order valence-corrected chi connectivity index (χ1v) is 9.29. The van der Waals surface area contributed by atoms with Crippen LogP contribution in [0, 0.1) is 5.92 Å². The Labute approximate surface area is 151 Å². The molecular formula is C18H25N3O3S. The number of primary amides is 2. The van der Waals surface area contributed by atoms with Gasteiger partial charge in [0.25, 0.3) is 5.91 Å². The number of amides is 2. The maximum absolute atomic E-state index is 11.7. The molecule has 7 heteroatoms. The van der Waals surface area contributed by atoms with Gasteiger partial charge in [0, 0.05) is 0 Å². The van der Waals surface area contributed by atoms with Crippen LogP contribution in [0.4, 0.5) is 5.69 Å². The average molecular weight is 363 g/mol. The summed E-state index contributed by atoms with van der Waals surface area (Å²) in [5.41, 5.74) is 17.5. The molecule has 136 valence electrons. The Morgan fingerprint density at radius 1 is 1.20 bits per heavy atom. The van der Waals surface area contributed by atoms with E-state index in [0.29, 0.717) is 33.9 Å². The lowest BCUT2D eigenvalue weighted by molar-refractivity contribution is 0.0994. The highest BCUT2D eigenvalue weighted by Gasteiger charge is 2.22. The fourth-order valence-electron chi connectivity index (χ4n) is 2.80. The molecule has 2 aromatic rings. The highest BCUT2D eigenvalue weighted by atomic mass is 32.1. The van der Waals surface area contributed by atoms with Gasteiger partial charge < -0.3 is 21.9 Å². The number of anilines is 1. The van der Waals surface area contributed by atoms with Gasteiger partial charge in [0.2, 0.25) is 5.91 Å². The largest absolute Gasteiger partial charge is 0.493 e.